The maximum absolute atomic E-state index is 12.9. The second-order valence-corrected chi connectivity index (χ2v) is 9.48. The number of carbonyl (C=O) groups is 2. The van der Waals surface area contributed by atoms with Crippen molar-refractivity contribution in [3.63, 3.8) is 0 Å². The smallest absolute Gasteiger partial charge is 0.410 e. The zero-order valence-corrected chi connectivity index (χ0v) is 21.9. The summed E-state index contributed by atoms with van der Waals surface area (Å²) >= 11 is 6.26. The number of aliphatic hydroxyl groups is 1. The van der Waals surface area contributed by atoms with Crippen LogP contribution in [0.25, 0.3) is 10.9 Å². The van der Waals surface area contributed by atoms with Crippen LogP contribution in [0.2, 0.25) is 5.02 Å². The Balaban J connectivity index is 1.49. The molecular weight excluding hydrogens is 496 g/mol. The first kappa shape index (κ1) is 26.8. The number of rotatable bonds is 10. The first-order valence-electron chi connectivity index (χ1n) is 12.7. The lowest BCUT2D eigenvalue weighted by molar-refractivity contribution is -0.144. The van der Waals surface area contributed by atoms with Gasteiger partial charge in [-0.05, 0) is 67.6 Å². The number of fused-ring (bicyclic) bond motifs is 3. The molecular formula is C28H33ClN2O6. The summed E-state index contributed by atoms with van der Waals surface area (Å²) in [6.45, 7) is 4.98. The number of ether oxygens (including phenoxy) is 3. The summed E-state index contributed by atoms with van der Waals surface area (Å²) in [7, 11) is 0. The number of H-pyrrole nitrogens is 1. The van der Waals surface area contributed by atoms with Crippen molar-refractivity contribution >= 4 is 34.6 Å². The lowest BCUT2D eigenvalue weighted by Crippen LogP contribution is -2.40. The SMILES string of the molecule is CCCOC(=O)CCC(O)COc1ccc(C2c3[nH]c4ccc(Cl)cc4c3CCN2C(=O)OCC)cc1. The quantitative estimate of drug-likeness (QED) is 0.342. The van der Waals surface area contributed by atoms with Crippen molar-refractivity contribution in [3.8, 4) is 5.75 Å². The number of amides is 1. The first-order chi connectivity index (χ1) is 17.9. The summed E-state index contributed by atoms with van der Waals surface area (Å²) < 4.78 is 16.1. The van der Waals surface area contributed by atoms with Gasteiger partial charge in [-0.25, -0.2) is 4.79 Å². The standard InChI is InChI=1S/C28H33ClN2O6/c1-3-15-36-25(33)12-8-20(32)17-37-21-9-5-18(6-10-21)27-26-22(13-14-31(27)28(34)35-4-2)23-16-19(29)7-11-24(23)30-26/h5-7,9-11,16,20,27,30,32H,3-4,8,12-15,17H2,1-2H3. The predicted octanol–water partition coefficient (Wildman–Crippen LogP) is 5.40. The van der Waals surface area contributed by atoms with Crippen LogP contribution in [0.1, 0.15) is 56.0 Å². The van der Waals surface area contributed by atoms with Crippen LogP contribution in [-0.2, 0) is 20.7 Å². The Morgan fingerprint density at radius 2 is 1.95 bits per heavy atom. The highest BCUT2D eigenvalue weighted by Crippen LogP contribution is 2.39. The summed E-state index contributed by atoms with van der Waals surface area (Å²) in [5.41, 5.74) is 3.95. The Morgan fingerprint density at radius 3 is 2.68 bits per heavy atom. The van der Waals surface area contributed by atoms with E-state index in [4.69, 9.17) is 25.8 Å². The monoisotopic (exact) mass is 528 g/mol. The molecule has 0 fully saturated rings. The maximum atomic E-state index is 12.9. The number of hydrogen-bond acceptors (Lipinski definition) is 6. The van der Waals surface area contributed by atoms with Crippen LogP contribution in [0, 0.1) is 0 Å². The number of aromatic nitrogens is 1. The molecule has 2 atom stereocenters. The molecule has 2 heterocycles. The normalized spacial score (nSPS) is 15.8. The molecule has 37 heavy (non-hydrogen) atoms. The molecule has 2 N–H and O–H groups in total. The summed E-state index contributed by atoms with van der Waals surface area (Å²) in [5.74, 6) is 0.265. The van der Waals surface area contributed by atoms with E-state index in [1.807, 2.05) is 49.4 Å². The molecule has 1 aromatic heterocycles. The molecule has 0 saturated heterocycles. The van der Waals surface area contributed by atoms with Gasteiger partial charge < -0.3 is 24.3 Å². The topological polar surface area (TPSA) is 101 Å². The van der Waals surface area contributed by atoms with Crippen LogP contribution in [0.4, 0.5) is 4.79 Å². The van der Waals surface area contributed by atoms with Gasteiger partial charge in [0.15, 0.2) is 0 Å². The third-order valence-electron chi connectivity index (χ3n) is 6.38. The molecule has 1 aliphatic heterocycles. The van der Waals surface area contributed by atoms with Gasteiger partial charge in [-0.2, -0.15) is 0 Å². The molecule has 2 unspecified atom stereocenters. The van der Waals surface area contributed by atoms with Gasteiger partial charge >= 0.3 is 12.1 Å². The van der Waals surface area contributed by atoms with E-state index in [1.165, 1.54) is 0 Å². The fourth-order valence-electron chi connectivity index (χ4n) is 4.61. The van der Waals surface area contributed by atoms with Crippen molar-refractivity contribution in [2.45, 2.75) is 51.7 Å². The van der Waals surface area contributed by atoms with Crippen molar-refractivity contribution < 1.29 is 28.9 Å². The van der Waals surface area contributed by atoms with Crippen LogP contribution in [-0.4, -0.2) is 59.5 Å². The zero-order valence-electron chi connectivity index (χ0n) is 21.2. The molecule has 1 amide bonds. The highest BCUT2D eigenvalue weighted by molar-refractivity contribution is 6.31. The number of carbonyl (C=O) groups excluding carboxylic acids is 2. The molecule has 0 saturated carbocycles. The van der Waals surface area contributed by atoms with Gasteiger partial charge in [-0.1, -0.05) is 30.7 Å². The number of halogens is 1. The molecule has 0 spiro atoms. The average Bonchev–Trinajstić information content (AvgIpc) is 3.27. The van der Waals surface area contributed by atoms with E-state index in [2.05, 4.69) is 4.98 Å². The number of esters is 1. The van der Waals surface area contributed by atoms with E-state index >= 15 is 0 Å². The maximum Gasteiger partial charge on any atom is 0.410 e. The van der Waals surface area contributed by atoms with Crippen molar-refractivity contribution in [1.82, 2.24) is 9.88 Å². The lowest BCUT2D eigenvalue weighted by Gasteiger charge is -2.35. The minimum Gasteiger partial charge on any atom is -0.491 e. The van der Waals surface area contributed by atoms with Crippen LogP contribution >= 0.6 is 11.6 Å². The third kappa shape index (κ3) is 6.37. The number of hydrogen-bond donors (Lipinski definition) is 2. The average molecular weight is 529 g/mol. The van der Waals surface area contributed by atoms with Crippen molar-refractivity contribution in [2.75, 3.05) is 26.4 Å². The largest absolute Gasteiger partial charge is 0.491 e. The van der Waals surface area contributed by atoms with E-state index in [0.717, 1.165) is 34.1 Å². The van der Waals surface area contributed by atoms with Gasteiger partial charge in [-0.3, -0.25) is 9.69 Å². The predicted molar refractivity (Wildman–Crippen MR) is 141 cm³/mol. The minimum atomic E-state index is -0.785. The minimum absolute atomic E-state index is 0.0612. The number of benzene rings is 2. The van der Waals surface area contributed by atoms with Gasteiger partial charge in [0, 0.05) is 34.6 Å². The van der Waals surface area contributed by atoms with Crippen LogP contribution in [0.15, 0.2) is 42.5 Å². The molecule has 198 valence electrons. The number of nitrogens with zero attached hydrogens (tertiary/aromatic N) is 1. The Labute approximate surface area is 221 Å². The third-order valence-corrected chi connectivity index (χ3v) is 6.61. The molecule has 4 rings (SSSR count). The van der Waals surface area contributed by atoms with Gasteiger partial charge in [0.25, 0.3) is 0 Å². The summed E-state index contributed by atoms with van der Waals surface area (Å²) in [6.07, 6.45) is 0.720. The number of nitrogens with one attached hydrogen (secondary N) is 1. The van der Waals surface area contributed by atoms with Gasteiger partial charge in [0.05, 0.1) is 19.3 Å². The van der Waals surface area contributed by atoms with Crippen molar-refractivity contribution in [1.29, 1.82) is 0 Å². The molecule has 9 heteroatoms. The summed E-state index contributed by atoms with van der Waals surface area (Å²) in [5, 5.41) is 11.9. The van der Waals surface area contributed by atoms with Crippen molar-refractivity contribution in [2.24, 2.45) is 0 Å². The van der Waals surface area contributed by atoms with Gasteiger partial charge in [0.1, 0.15) is 18.4 Å². The van der Waals surface area contributed by atoms with Gasteiger partial charge in [0.2, 0.25) is 0 Å². The molecule has 0 bridgehead atoms. The second kappa shape index (κ2) is 12.3. The van der Waals surface area contributed by atoms with E-state index in [-0.39, 0.29) is 37.6 Å². The van der Waals surface area contributed by atoms with E-state index < -0.39 is 6.10 Å². The zero-order chi connectivity index (χ0) is 26.4. The fourth-order valence-corrected chi connectivity index (χ4v) is 4.78. The highest BCUT2D eigenvalue weighted by atomic mass is 35.5. The molecule has 2 aromatic carbocycles. The fraction of sp³-hybridized carbons (Fsp3) is 0.429. The van der Waals surface area contributed by atoms with E-state index in [1.54, 1.807) is 11.8 Å². The molecule has 1 aliphatic rings. The first-order valence-corrected chi connectivity index (χ1v) is 13.1. The highest BCUT2D eigenvalue weighted by Gasteiger charge is 2.35. The molecule has 3 aromatic rings. The number of aliphatic hydroxyl groups excluding tert-OH is 1. The van der Waals surface area contributed by atoms with Gasteiger partial charge in [-0.15, -0.1) is 0 Å². The Bertz CT molecular complexity index is 1230. The number of aromatic amines is 1. The molecule has 8 nitrogen and oxygen atoms in total. The molecule has 0 aliphatic carbocycles. The molecule has 0 radical (unpaired) electrons. The second-order valence-electron chi connectivity index (χ2n) is 9.04. The Hall–Kier alpha value is -3.23. The van der Waals surface area contributed by atoms with E-state index in [9.17, 15) is 14.7 Å². The van der Waals surface area contributed by atoms with Crippen molar-refractivity contribution in [3.05, 3.63) is 64.3 Å². The van der Waals surface area contributed by atoms with Crippen LogP contribution in [0.5, 0.6) is 5.75 Å². The van der Waals surface area contributed by atoms with Crippen LogP contribution in [0.3, 0.4) is 0 Å². The lowest BCUT2D eigenvalue weighted by atomic mass is 9.92. The summed E-state index contributed by atoms with van der Waals surface area (Å²) in [4.78, 5) is 29.7. The summed E-state index contributed by atoms with van der Waals surface area (Å²) in [6, 6.07) is 12.8. The van der Waals surface area contributed by atoms with Crippen LogP contribution < -0.4 is 4.74 Å². The Kier molecular flexibility index (Phi) is 8.95. The van der Waals surface area contributed by atoms with E-state index in [0.29, 0.717) is 37.0 Å². The Morgan fingerprint density at radius 1 is 1.16 bits per heavy atom.